The van der Waals surface area contributed by atoms with Gasteiger partial charge in [-0.15, -0.1) is 0 Å². The monoisotopic (exact) mass is 835 g/mol. The summed E-state index contributed by atoms with van der Waals surface area (Å²) in [5.41, 5.74) is 18.6. The van der Waals surface area contributed by atoms with E-state index in [2.05, 4.69) is 246 Å². The number of nitrogens with zero attached hydrogens (tertiary/aromatic N) is 3. The van der Waals surface area contributed by atoms with E-state index >= 15 is 0 Å². The summed E-state index contributed by atoms with van der Waals surface area (Å²) in [5, 5.41) is 3.63. The van der Waals surface area contributed by atoms with E-state index in [0.29, 0.717) is 0 Å². The van der Waals surface area contributed by atoms with Gasteiger partial charge in [0.2, 0.25) is 0 Å². The van der Waals surface area contributed by atoms with Crippen LogP contribution in [0, 0.1) is 0 Å². The van der Waals surface area contributed by atoms with Crippen molar-refractivity contribution in [3.8, 4) is 27.9 Å². The summed E-state index contributed by atoms with van der Waals surface area (Å²) in [6.07, 6.45) is 4.18. The minimum Gasteiger partial charge on any atom is -0.460 e. The first-order valence-electron chi connectivity index (χ1n) is 22.4. The van der Waals surface area contributed by atoms with Crippen LogP contribution in [0.3, 0.4) is 0 Å². The summed E-state index contributed by atoms with van der Waals surface area (Å²) >= 11 is 0. The predicted octanol–water partition coefficient (Wildman–Crippen LogP) is 16.6. The van der Waals surface area contributed by atoms with Gasteiger partial charge in [-0.2, -0.15) is 0 Å². The molecular weight excluding hydrogens is 791 g/mol. The molecule has 0 saturated carbocycles. The van der Waals surface area contributed by atoms with Gasteiger partial charge in [0, 0.05) is 74.9 Å². The molecule has 12 rings (SSSR count). The molecule has 1 aliphatic rings. The molecule has 9 aromatic carbocycles. The van der Waals surface area contributed by atoms with Crippen LogP contribution in [0.15, 0.2) is 229 Å². The van der Waals surface area contributed by atoms with Crippen molar-refractivity contribution in [1.29, 1.82) is 0 Å². The van der Waals surface area contributed by atoms with Crippen LogP contribution in [-0.4, -0.2) is 11.6 Å². The second-order valence-corrected chi connectivity index (χ2v) is 16.9. The van der Waals surface area contributed by atoms with E-state index in [4.69, 9.17) is 4.42 Å². The Morgan fingerprint density at radius 2 is 0.985 bits per heavy atom. The van der Waals surface area contributed by atoms with Crippen molar-refractivity contribution in [3.05, 3.63) is 241 Å². The van der Waals surface area contributed by atoms with Gasteiger partial charge in [-0.05, 0) is 131 Å². The van der Waals surface area contributed by atoms with Crippen molar-refractivity contribution in [3.63, 3.8) is 0 Å². The van der Waals surface area contributed by atoms with Crippen LogP contribution in [0.25, 0.3) is 72.4 Å². The Balaban J connectivity index is 0.973. The van der Waals surface area contributed by atoms with Crippen LogP contribution >= 0.6 is 0 Å². The molecule has 0 atom stereocenters. The summed E-state index contributed by atoms with van der Waals surface area (Å²) in [4.78, 5) is 4.54. The molecule has 0 amide bonds. The standard InChI is InChI=1S/C61H45N3O/c1-62(47-14-5-2-6-15-47)48-32-24-42(25-33-48)45-30-38-58-56(40-45)55-22-13-21-53(44-28-36-51(37-29-44)63(49-16-7-3-8-17-49)50-18-9-4-10-19-50)61(55)64(58)52-34-26-43(27-35-52)46-31-39-60-57(41-46)54-20-11-12-23-59(54)65-60/h2-30,32-38,40-41H,31,39H2,1H3. The molecule has 0 fully saturated rings. The zero-order chi connectivity index (χ0) is 43.3. The third-order valence-electron chi connectivity index (χ3n) is 13.1. The van der Waals surface area contributed by atoms with E-state index in [-0.39, 0.29) is 0 Å². The lowest BCUT2D eigenvalue weighted by atomic mass is 9.91. The zero-order valence-electron chi connectivity index (χ0n) is 36.1. The number of aryl methyl sites for hydroxylation is 1. The Morgan fingerprint density at radius 1 is 0.431 bits per heavy atom. The van der Waals surface area contributed by atoms with Crippen molar-refractivity contribution in [2.45, 2.75) is 12.8 Å². The molecule has 4 heteroatoms. The van der Waals surface area contributed by atoms with Gasteiger partial charge in [0.05, 0.1) is 11.0 Å². The van der Waals surface area contributed by atoms with Crippen molar-refractivity contribution in [2.75, 3.05) is 16.8 Å². The van der Waals surface area contributed by atoms with Crippen LogP contribution in [0.4, 0.5) is 28.4 Å². The average molecular weight is 836 g/mol. The molecule has 0 bridgehead atoms. The Labute approximate surface area is 379 Å². The summed E-state index contributed by atoms with van der Waals surface area (Å²) in [5.74, 6) is 1.08. The van der Waals surface area contributed by atoms with Gasteiger partial charge in [0.15, 0.2) is 0 Å². The highest BCUT2D eigenvalue weighted by Gasteiger charge is 2.21. The minimum atomic E-state index is 0.899. The van der Waals surface area contributed by atoms with E-state index in [0.717, 1.165) is 63.9 Å². The number of hydrogen-bond donors (Lipinski definition) is 0. The van der Waals surface area contributed by atoms with Gasteiger partial charge < -0.3 is 18.8 Å². The summed E-state index contributed by atoms with van der Waals surface area (Å²) in [7, 11) is 2.12. The molecule has 2 heterocycles. The van der Waals surface area contributed by atoms with Gasteiger partial charge in [0.25, 0.3) is 0 Å². The molecule has 0 aliphatic heterocycles. The number of anilines is 5. The number of hydrogen-bond acceptors (Lipinski definition) is 3. The number of para-hydroxylation sites is 5. The third-order valence-corrected chi connectivity index (χ3v) is 13.1. The molecular formula is C61H45N3O. The molecule has 0 N–H and O–H groups in total. The Kier molecular flexibility index (Phi) is 9.49. The summed E-state index contributed by atoms with van der Waals surface area (Å²) in [6, 6.07) is 81.0. The van der Waals surface area contributed by atoms with Gasteiger partial charge in [-0.25, -0.2) is 0 Å². The first kappa shape index (κ1) is 38.3. The molecule has 0 spiro atoms. The SMILES string of the molecule is CN(c1ccccc1)c1ccc(-c2ccc3c(c2)c2cccc(-c4ccc(N(c5ccccc5)c5ccccc5)cc4)c2n3-c2ccc(C3=Cc4c(oc5ccccc45)CC3)cc2)cc1. The highest BCUT2D eigenvalue weighted by molar-refractivity contribution is 6.15. The second kappa shape index (κ2) is 16.1. The number of allylic oxidation sites excluding steroid dienone is 1. The fourth-order valence-electron chi connectivity index (χ4n) is 9.83. The minimum absolute atomic E-state index is 0.899. The fourth-order valence-corrected chi connectivity index (χ4v) is 9.83. The van der Waals surface area contributed by atoms with E-state index in [1.165, 1.54) is 60.6 Å². The van der Waals surface area contributed by atoms with E-state index in [1.807, 2.05) is 6.07 Å². The van der Waals surface area contributed by atoms with E-state index in [9.17, 15) is 0 Å². The average Bonchev–Trinajstić information content (AvgIpc) is 3.93. The van der Waals surface area contributed by atoms with Crippen molar-refractivity contribution in [2.24, 2.45) is 0 Å². The van der Waals surface area contributed by atoms with Crippen LogP contribution in [0.5, 0.6) is 0 Å². The van der Waals surface area contributed by atoms with E-state index < -0.39 is 0 Å². The normalized spacial score (nSPS) is 12.4. The third kappa shape index (κ3) is 6.88. The van der Waals surface area contributed by atoms with Crippen molar-refractivity contribution >= 4 is 72.9 Å². The molecule has 65 heavy (non-hydrogen) atoms. The summed E-state index contributed by atoms with van der Waals surface area (Å²) < 4.78 is 8.72. The maximum atomic E-state index is 6.25. The molecule has 1 aliphatic carbocycles. The maximum Gasteiger partial charge on any atom is 0.134 e. The van der Waals surface area contributed by atoms with Crippen LogP contribution < -0.4 is 9.80 Å². The first-order chi connectivity index (χ1) is 32.1. The number of furan rings is 1. The molecule has 4 nitrogen and oxygen atoms in total. The lowest BCUT2D eigenvalue weighted by molar-refractivity contribution is 0.548. The van der Waals surface area contributed by atoms with E-state index in [1.54, 1.807) is 0 Å². The largest absolute Gasteiger partial charge is 0.460 e. The highest BCUT2D eigenvalue weighted by Crippen LogP contribution is 2.43. The van der Waals surface area contributed by atoms with Gasteiger partial charge in [0.1, 0.15) is 11.3 Å². The molecule has 0 radical (unpaired) electrons. The summed E-state index contributed by atoms with van der Waals surface area (Å²) in [6.45, 7) is 0. The molecule has 11 aromatic rings. The topological polar surface area (TPSA) is 24.6 Å². The quantitative estimate of drug-likeness (QED) is 0.145. The number of benzene rings is 9. The van der Waals surface area contributed by atoms with Crippen LogP contribution in [0.1, 0.15) is 23.3 Å². The molecule has 0 saturated heterocycles. The molecule has 0 unspecified atom stereocenters. The van der Waals surface area contributed by atoms with Crippen LogP contribution in [-0.2, 0) is 6.42 Å². The lowest BCUT2D eigenvalue weighted by Crippen LogP contribution is -2.09. The Bertz CT molecular complexity index is 3470. The van der Waals surface area contributed by atoms with Gasteiger partial charge in [-0.1, -0.05) is 133 Å². The van der Waals surface area contributed by atoms with Crippen molar-refractivity contribution in [1.82, 2.24) is 4.57 Å². The van der Waals surface area contributed by atoms with Gasteiger partial charge in [-0.3, -0.25) is 0 Å². The van der Waals surface area contributed by atoms with Crippen LogP contribution in [0.2, 0.25) is 0 Å². The lowest BCUT2D eigenvalue weighted by Gasteiger charge is -2.25. The number of rotatable bonds is 9. The Hall–Kier alpha value is -8.34. The van der Waals surface area contributed by atoms with Crippen molar-refractivity contribution < 1.29 is 4.42 Å². The molecule has 310 valence electrons. The number of aromatic nitrogens is 1. The predicted molar refractivity (Wildman–Crippen MR) is 273 cm³/mol. The zero-order valence-corrected chi connectivity index (χ0v) is 36.1. The second-order valence-electron chi connectivity index (χ2n) is 16.9. The van der Waals surface area contributed by atoms with Gasteiger partial charge >= 0.3 is 0 Å². The smallest absolute Gasteiger partial charge is 0.134 e. The molecule has 2 aromatic heterocycles. The maximum absolute atomic E-state index is 6.25. The Morgan fingerprint density at radius 3 is 1.69 bits per heavy atom. The highest BCUT2D eigenvalue weighted by atomic mass is 16.3. The number of fused-ring (bicyclic) bond motifs is 6. The first-order valence-corrected chi connectivity index (χ1v) is 22.4. The fraction of sp³-hybridized carbons (Fsp3) is 0.0492.